The molecule has 4 aliphatic rings. The summed E-state index contributed by atoms with van der Waals surface area (Å²) in [5.74, 6) is -0.0765. The van der Waals surface area contributed by atoms with Crippen molar-refractivity contribution >= 4 is 29.3 Å². The number of amides is 3. The maximum atomic E-state index is 13.1. The van der Waals surface area contributed by atoms with Gasteiger partial charge in [-0.05, 0) is 81.4 Å². The summed E-state index contributed by atoms with van der Waals surface area (Å²) in [7, 11) is 0. The average Bonchev–Trinajstić information content (AvgIpc) is 3.48. The van der Waals surface area contributed by atoms with E-state index in [1.807, 2.05) is 18.2 Å². The van der Waals surface area contributed by atoms with Gasteiger partial charge in [-0.15, -0.1) is 0 Å². The Bertz CT molecular complexity index is 1340. The molecule has 2 fully saturated rings. The number of piperidine rings is 2. The number of rotatable bonds is 8. The van der Waals surface area contributed by atoms with Gasteiger partial charge < -0.3 is 19.6 Å². The number of nitrogens with zero attached hydrogens (tertiary/aromatic N) is 3. The van der Waals surface area contributed by atoms with Crippen LogP contribution in [-0.4, -0.2) is 69.9 Å². The topological polar surface area (TPSA) is 112 Å². The van der Waals surface area contributed by atoms with Crippen molar-refractivity contribution in [2.24, 2.45) is 0 Å². The number of carbonyl (C=O) groups is 3. The van der Waals surface area contributed by atoms with Gasteiger partial charge in [0.25, 0.3) is 5.91 Å². The van der Waals surface area contributed by atoms with Crippen LogP contribution in [0.5, 0.6) is 5.75 Å². The number of aryl methyl sites for hydroxylation is 1. The number of imide groups is 1. The molecule has 3 amide bonds. The first-order chi connectivity index (χ1) is 19.4. The minimum absolute atomic E-state index is 0.0465. The lowest BCUT2D eigenvalue weighted by Crippen LogP contribution is -2.52. The Balaban J connectivity index is 0.979. The number of halogens is 1. The van der Waals surface area contributed by atoms with Crippen LogP contribution in [0.3, 0.4) is 0 Å². The average molecular weight is 567 g/mol. The van der Waals surface area contributed by atoms with Gasteiger partial charge in [0, 0.05) is 29.5 Å². The van der Waals surface area contributed by atoms with Crippen LogP contribution < -0.4 is 10.1 Å². The van der Waals surface area contributed by atoms with E-state index in [1.165, 1.54) is 5.56 Å². The zero-order valence-electron chi connectivity index (χ0n) is 22.6. The lowest BCUT2D eigenvalue weighted by molar-refractivity contribution is -0.136. The number of unbranched alkanes of at least 4 members (excludes halogenated alkanes) is 2. The molecule has 5 heterocycles. The summed E-state index contributed by atoms with van der Waals surface area (Å²) in [5.41, 5.74) is 4.53. The van der Waals surface area contributed by atoms with E-state index in [2.05, 4.69) is 21.3 Å². The molecule has 10 heteroatoms. The highest BCUT2D eigenvalue weighted by atomic mass is 35.5. The number of aliphatic hydroxyl groups is 1. The number of likely N-dealkylation sites (tertiary alicyclic amines) is 1. The van der Waals surface area contributed by atoms with Crippen molar-refractivity contribution in [1.29, 1.82) is 0 Å². The zero-order chi connectivity index (χ0) is 27.9. The van der Waals surface area contributed by atoms with Crippen molar-refractivity contribution in [3.8, 4) is 5.75 Å². The second kappa shape index (κ2) is 11.1. The quantitative estimate of drug-likeness (QED) is 0.287. The molecule has 6 rings (SSSR count). The van der Waals surface area contributed by atoms with Gasteiger partial charge in [-0.1, -0.05) is 30.2 Å². The third-order valence-corrected chi connectivity index (χ3v) is 9.38. The SMILES string of the molecule is O=C1CCC(N2Cc3c(CCCCCN4CCC5(CC4)COc4c5cc(CO)nc4Cl)cccc3C2=O)C(=O)N1. The minimum Gasteiger partial charge on any atom is -0.489 e. The predicted molar refractivity (Wildman–Crippen MR) is 148 cm³/mol. The monoisotopic (exact) mass is 566 g/mol. The molecule has 2 N–H and O–H groups in total. The van der Waals surface area contributed by atoms with E-state index in [1.54, 1.807) is 4.90 Å². The predicted octanol–water partition coefficient (Wildman–Crippen LogP) is 3.13. The molecule has 1 spiro atoms. The first kappa shape index (κ1) is 27.2. The Labute approximate surface area is 238 Å². The molecule has 1 aromatic carbocycles. The first-order valence-electron chi connectivity index (χ1n) is 14.3. The molecule has 0 radical (unpaired) electrons. The Morgan fingerprint density at radius 3 is 2.75 bits per heavy atom. The smallest absolute Gasteiger partial charge is 0.255 e. The van der Waals surface area contributed by atoms with Crippen molar-refractivity contribution in [2.45, 2.75) is 76.0 Å². The second-order valence-corrected chi connectivity index (χ2v) is 11.9. The summed E-state index contributed by atoms with van der Waals surface area (Å²) in [4.78, 5) is 45.3. The maximum absolute atomic E-state index is 13.1. The Kier molecular flexibility index (Phi) is 7.54. The lowest BCUT2D eigenvalue weighted by Gasteiger charge is -2.38. The van der Waals surface area contributed by atoms with Gasteiger partial charge in [0.05, 0.1) is 18.9 Å². The number of ether oxygens (including phenoxy) is 1. The van der Waals surface area contributed by atoms with Crippen LogP contribution >= 0.6 is 11.6 Å². The van der Waals surface area contributed by atoms with Crippen molar-refractivity contribution in [2.75, 3.05) is 26.2 Å². The van der Waals surface area contributed by atoms with Gasteiger partial charge in [-0.3, -0.25) is 19.7 Å². The van der Waals surface area contributed by atoms with Crippen LogP contribution in [0, 0.1) is 0 Å². The first-order valence-corrected chi connectivity index (χ1v) is 14.7. The van der Waals surface area contributed by atoms with Gasteiger partial charge in [0.1, 0.15) is 6.04 Å². The molecule has 2 saturated heterocycles. The molecule has 40 heavy (non-hydrogen) atoms. The van der Waals surface area contributed by atoms with Gasteiger partial charge in [-0.2, -0.15) is 0 Å². The van der Waals surface area contributed by atoms with Crippen LogP contribution in [0.15, 0.2) is 24.3 Å². The molecule has 1 aromatic heterocycles. The van der Waals surface area contributed by atoms with Crippen LogP contribution in [0.2, 0.25) is 5.15 Å². The number of hydrogen-bond donors (Lipinski definition) is 2. The summed E-state index contributed by atoms with van der Waals surface area (Å²) < 4.78 is 5.95. The fourth-order valence-corrected chi connectivity index (χ4v) is 7.05. The second-order valence-electron chi connectivity index (χ2n) is 11.5. The van der Waals surface area contributed by atoms with Crippen molar-refractivity contribution in [3.05, 3.63) is 57.4 Å². The van der Waals surface area contributed by atoms with Crippen molar-refractivity contribution < 1.29 is 24.2 Å². The van der Waals surface area contributed by atoms with Crippen LogP contribution in [0.4, 0.5) is 0 Å². The standard InChI is InChI=1S/C30H35ClN4O5/c31-27-26-23(15-20(17-36)32-27)30(18-40-26)10-13-34(14-11-30)12-3-1-2-5-19-6-4-7-21-22(19)16-35(29(21)39)24-8-9-25(37)33-28(24)38/h4,6-7,15,24,36H,1-3,5,8-14,16-18H2,(H,33,37,38). The molecule has 1 atom stereocenters. The van der Waals surface area contributed by atoms with E-state index in [9.17, 15) is 19.5 Å². The highest BCUT2D eigenvalue weighted by Crippen LogP contribution is 2.48. The van der Waals surface area contributed by atoms with E-state index < -0.39 is 6.04 Å². The van der Waals surface area contributed by atoms with Gasteiger partial charge in [-0.25, -0.2) is 4.98 Å². The number of aliphatic hydroxyl groups excluding tert-OH is 1. The molecule has 2 aromatic rings. The molecular formula is C30H35ClN4O5. The Morgan fingerprint density at radius 1 is 1.15 bits per heavy atom. The number of pyridine rings is 1. The number of carbonyl (C=O) groups excluding carboxylic acids is 3. The van der Waals surface area contributed by atoms with Crippen LogP contribution in [-0.2, 0) is 34.6 Å². The summed E-state index contributed by atoms with van der Waals surface area (Å²) in [5, 5.41) is 12.3. The lowest BCUT2D eigenvalue weighted by atomic mass is 9.74. The molecule has 9 nitrogen and oxygen atoms in total. The number of fused-ring (bicyclic) bond motifs is 3. The van der Waals surface area contributed by atoms with Gasteiger partial charge in [0.2, 0.25) is 11.8 Å². The van der Waals surface area contributed by atoms with E-state index in [0.717, 1.165) is 69.3 Å². The number of nitrogens with one attached hydrogen (secondary N) is 1. The molecule has 0 saturated carbocycles. The number of hydrogen-bond acceptors (Lipinski definition) is 7. The maximum Gasteiger partial charge on any atom is 0.255 e. The fraction of sp³-hybridized carbons (Fsp3) is 0.533. The van der Waals surface area contributed by atoms with Crippen LogP contribution in [0.1, 0.15) is 77.7 Å². The van der Waals surface area contributed by atoms with Crippen molar-refractivity contribution in [3.63, 3.8) is 0 Å². The van der Waals surface area contributed by atoms with Gasteiger partial charge in [0.15, 0.2) is 10.9 Å². The summed E-state index contributed by atoms with van der Waals surface area (Å²) in [6.45, 7) is 3.98. The number of aromatic nitrogens is 1. The molecule has 212 valence electrons. The zero-order valence-corrected chi connectivity index (χ0v) is 23.3. The van der Waals surface area contributed by atoms with E-state index in [4.69, 9.17) is 16.3 Å². The molecule has 0 aliphatic carbocycles. The fourth-order valence-electron chi connectivity index (χ4n) is 6.78. The largest absolute Gasteiger partial charge is 0.489 e. The summed E-state index contributed by atoms with van der Waals surface area (Å²) >= 11 is 6.31. The molecule has 1 unspecified atom stereocenters. The Hall–Kier alpha value is -3.01. The highest BCUT2D eigenvalue weighted by Gasteiger charge is 2.44. The normalized spacial score (nSPS) is 21.9. The van der Waals surface area contributed by atoms with Gasteiger partial charge >= 0.3 is 0 Å². The third kappa shape index (κ3) is 4.99. The number of benzene rings is 1. The molecule has 0 bridgehead atoms. The molecular weight excluding hydrogens is 532 g/mol. The van der Waals surface area contributed by atoms with E-state index in [0.29, 0.717) is 41.7 Å². The summed E-state index contributed by atoms with van der Waals surface area (Å²) in [6, 6.07) is 7.25. The van der Waals surface area contributed by atoms with E-state index >= 15 is 0 Å². The summed E-state index contributed by atoms with van der Waals surface area (Å²) in [6.07, 6.45) is 6.79. The minimum atomic E-state index is -0.580. The van der Waals surface area contributed by atoms with Crippen LogP contribution in [0.25, 0.3) is 0 Å². The highest BCUT2D eigenvalue weighted by molar-refractivity contribution is 6.31. The van der Waals surface area contributed by atoms with E-state index in [-0.39, 0.29) is 36.2 Å². The third-order valence-electron chi connectivity index (χ3n) is 9.12. The van der Waals surface area contributed by atoms with Crippen molar-refractivity contribution in [1.82, 2.24) is 20.1 Å². The Morgan fingerprint density at radius 2 is 1.98 bits per heavy atom. The molecule has 4 aliphatic heterocycles.